The maximum Gasteiger partial charge on any atom is 0.236 e. The Balaban J connectivity index is 3.79. The van der Waals surface area contributed by atoms with Crippen LogP contribution in [-0.2, 0) is 4.79 Å². The molecule has 0 spiro atoms. The minimum atomic E-state index is 0.236. The van der Waals surface area contributed by atoms with Crippen LogP contribution in [0.5, 0.6) is 0 Å². The van der Waals surface area contributed by atoms with Gasteiger partial charge in [0.05, 0.1) is 6.54 Å². The molecule has 0 saturated carbocycles. The van der Waals surface area contributed by atoms with Crippen LogP contribution in [0.25, 0.3) is 0 Å². The lowest BCUT2D eigenvalue weighted by Gasteiger charge is -2.25. The van der Waals surface area contributed by atoms with E-state index in [1.807, 2.05) is 18.7 Å². The summed E-state index contributed by atoms with van der Waals surface area (Å²) in [6.45, 7) is 16.2. The first-order chi connectivity index (χ1) is 9.19. The average molecular weight is 272 g/mol. The standard InChI is InChI=1S/C14H32N4O/c1-5-15-9-10-16-11-12-17(6-2)13-14(19)18(7-3)8-4/h15-16H,5-13H2,1-4H3. The first kappa shape index (κ1) is 18.4. The largest absolute Gasteiger partial charge is 0.342 e. The summed E-state index contributed by atoms with van der Waals surface area (Å²) in [7, 11) is 0. The lowest BCUT2D eigenvalue weighted by Crippen LogP contribution is -2.42. The van der Waals surface area contributed by atoms with Crippen LogP contribution in [0.15, 0.2) is 0 Å². The summed E-state index contributed by atoms with van der Waals surface area (Å²) in [6.07, 6.45) is 0. The molecule has 5 heteroatoms. The third-order valence-electron chi connectivity index (χ3n) is 3.26. The van der Waals surface area contributed by atoms with Crippen molar-refractivity contribution in [2.75, 3.05) is 58.9 Å². The second-order valence-corrected chi connectivity index (χ2v) is 4.54. The van der Waals surface area contributed by atoms with E-state index in [1.54, 1.807) is 0 Å². The van der Waals surface area contributed by atoms with E-state index in [9.17, 15) is 4.79 Å². The van der Waals surface area contributed by atoms with Crippen molar-refractivity contribution in [2.45, 2.75) is 27.7 Å². The van der Waals surface area contributed by atoms with E-state index in [2.05, 4.69) is 29.4 Å². The molecule has 0 saturated heterocycles. The number of nitrogens with zero attached hydrogens (tertiary/aromatic N) is 2. The summed E-state index contributed by atoms with van der Waals surface area (Å²) < 4.78 is 0. The van der Waals surface area contributed by atoms with Gasteiger partial charge in [0, 0.05) is 39.3 Å². The summed E-state index contributed by atoms with van der Waals surface area (Å²) in [4.78, 5) is 16.1. The zero-order chi connectivity index (χ0) is 14.5. The van der Waals surface area contributed by atoms with Crippen LogP contribution in [-0.4, -0.2) is 74.6 Å². The van der Waals surface area contributed by atoms with Crippen molar-refractivity contribution in [1.29, 1.82) is 0 Å². The fourth-order valence-electron chi connectivity index (χ4n) is 1.93. The predicted octanol–water partition coefficient (Wildman–Crippen LogP) is 0.376. The topological polar surface area (TPSA) is 47.6 Å². The lowest BCUT2D eigenvalue weighted by atomic mass is 10.4. The maximum absolute atomic E-state index is 12.0. The molecule has 0 unspecified atom stereocenters. The third-order valence-corrected chi connectivity index (χ3v) is 3.26. The van der Waals surface area contributed by atoms with Crippen LogP contribution < -0.4 is 10.6 Å². The van der Waals surface area contributed by atoms with Crippen molar-refractivity contribution in [3.05, 3.63) is 0 Å². The van der Waals surface area contributed by atoms with Gasteiger partial charge >= 0.3 is 0 Å². The molecular weight excluding hydrogens is 240 g/mol. The normalized spacial score (nSPS) is 11.0. The number of likely N-dealkylation sites (N-methyl/N-ethyl adjacent to an activating group) is 3. The van der Waals surface area contributed by atoms with Crippen molar-refractivity contribution in [2.24, 2.45) is 0 Å². The Morgan fingerprint density at radius 3 is 2.05 bits per heavy atom. The molecule has 0 aromatic carbocycles. The van der Waals surface area contributed by atoms with Crippen molar-refractivity contribution in [3.63, 3.8) is 0 Å². The number of nitrogens with one attached hydrogen (secondary N) is 2. The minimum Gasteiger partial charge on any atom is -0.342 e. The van der Waals surface area contributed by atoms with Crippen LogP contribution in [0, 0.1) is 0 Å². The SMILES string of the molecule is CCNCCNCCN(CC)CC(=O)N(CC)CC. The van der Waals surface area contributed by atoms with E-state index in [0.29, 0.717) is 6.54 Å². The quantitative estimate of drug-likeness (QED) is 0.504. The molecule has 2 N–H and O–H groups in total. The lowest BCUT2D eigenvalue weighted by molar-refractivity contribution is -0.132. The molecule has 0 fully saturated rings. The second-order valence-electron chi connectivity index (χ2n) is 4.54. The monoisotopic (exact) mass is 272 g/mol. The molecule has 19 heavy (non-hydrogen) atoms. The molecule has 0 rings (SSSR count). The fraction of sp³-hybridized carbons (Fsp3) is 0.929. The third kappa shape index (κ3) is 8.97. The van der Waals surface area contributed by atoms with Crippen molar-refractivity contribution in [1.82, 2.24) is 20.4 Å². The maximum atomic E-state index is 12.0. The van der Waals surface area contributed by atoms with Crippen LogP contribution in [0.4, 0.5) is 0 Å². The van der Waals surface area contributed by atoms with Gasteiger partial charge in [-0.25, -0.2) is 0 Å². The zero-order valence-electron chi connectivity index (χ0n) is 13.2. The average Bonchev–Trinajstić information content (AvgIpc) is 2.42. The molecule has 0 bridgehead atoms. The second kappa shape index (κ2) is 12.4. The Labute approximate surface area is 118 Å². The van der Waals surface area contributed by atoms with E-state index >= 15 is 0 Å². The van der Waals surface area contributed by atoms with Crippen molar-refractivity contribution < 1.29 is 4.79 Å². The molecule has 0 radical (unpaired) electrons. The van der Waals surface area contributed by atoms with E-state index in [-0.39, 0.29) is 5.91 Å². The summed E-state index contributed by atoms with van der Waals surface area (Å²) in [5.41, 5.74) is 0. The van der Waals surface area contributed by atoms with Gasteiger partial charge in [-0.2, -0.15) is 0 Å². The molecule has 0 aliphatic heterocycles. The highest BCUT2D eigenvalue weighted by molar-refractivity contribution is 5.78. The molecule has 114 valence electrons. The number of hydrogen-bond acceptors (Lipinski definition) is 4. The highest BCUT2D eigenvalue weighted by Crippen LogP contribution is 1.94. The van der Waals surface area contributed by atoms with Gasteiger partial charge < -0.3 is 15.5 Å². The Hall–Kier alpha value is -0.650. The van der Waals surface area contributed by atoms with Gasteiger partial charge in [-0.05, 0) is 26.9 Å². The van der Waals surface area contributed by atoms with Gasteiger partial charge in [-0.1, -0.05) is 13.8 Å². The van der Waals surface area contributed by atoms with Gasteiger partial charge in [0.2, 0.25) is 5.91 Å². The van der Waals surface area contributed by atoms with E-state index in [1.165, 1.54) is 0 Å². The zero-order valence-corrected chi connectivity index (χ0v) is 13.2. The van der Waals surface area contributed by atoms with Crippen molar-refractivity contribution in [3.8, 4) is 0 Å². The van der Waals surface area contributed by atoms with E-state index in [0.717, 1.165) is 52.4 Å². The number of carbonyl (C=O) groups excluding carboxylic acids is 1. The predicted molar refractivity (Wildman–Crippen MR) is 81.5 cm³/mol. The van der Waals surface area contributed by atoms with Gasteiger partial charge in [0.15, 0.2) is 0 Å². The van der Waals surface area contributed by atoms with Gasteiger partial charge in [-0.15, -0.1) is 0 Å². The minimum absolute atomic E-state index is 0.236. The summed E-state index contributed by atoms with van der Waals surface area (Å²) in [5.74, 6) is 0.236. The molecule has 0 aromatic rings. The van der Waals surface area contributed by atoms with Crippen LogP contribution in [0.1, 0.15) is 27.7 Å². The van der Waals surface area contributed by atoms with Crippen LogP contribution in [0.3, 0.4) is 0 Å². The number of carbonyl (C=O) groups is 1. The number of rotatable bonds is 12. The molecule has 5 nitrogen and oxygen atoms in total. The van der Waals surface area contributed by atoms with E-state index in [4.69, 9.17) is 0 Å². The van der Waals surface area contributed by atoms with E-state index < -0.39 is 0 Å². The number of amides is 1. The van der Waals surface area contributed by atoms with Crippen LogP contribution in [0.2, 0.25) is 0 Å². The Kier molecular flexibility index (Phi) is 12.0. The summed E-state index contributed by atoms with van der Waals surface area (Å²) in [6, 6.07) is 0. The number of hydrogen-bond donors (Lipinski definition) is 2. The Morgan fingerprint density at radius 2 is 1.53 bits per heavy atom. The highest BCUT2D eigenvalue weighted by atomic mass is 16.2. The smallest absolute Gasteiger partial charge is 0.236 e. The molecule has 0 heterocycles. The molecular formula is C14H32N4O. The molecule has 0 aliphatic rings. The Bertz CT molecular complexity index is 219. The molecule has 1 amide bonds. The molecule has 0 atom stereocenters. The first-order valence-electron chi connectivity index (χ1n) is 7.61. The van der Waals surface area contributed by atoms with Gasteiger partial charge in [0.25, 0.3) is 0 Å². The summed E-state index contributed by atoms with van der Waals surface area (Å²) >= 11 is 0. The van der Waals surface area contributed by atoms with Gasteiger partial charge in [0.1, 0.15) is 0 Å². The highest BCUT2D eigenvalue weighted by Gasteiger charge is 2.13. The Morgan fingerprint density at radius 1 is 0.895 bits per heavy atom. The fourth-order valence-corrected chi connectivity index (χ4v) is 1.93. The molecule has 0 aliphatic carbocycles. The first-order valence-corrected chi connectivity index (χ1v) is 7.61. The van der Waals surface area contributed by atoms with Gasteiger partial charge in [-0.3, -0.25) is 9.69 Å². The van der Waals surface area contributed by atoms with Crippen LogP contribution >= 0.6 is 0 Å². The molecule has 0 aromatic heterocycles. The summed E-state index contributed by atoms with van der Waals surface area (Å²) in [5, 5.41) is 6.66. The van der Waals surface area contributed by atoms with Crippen molar-refractivity contribution >= 4 is 5.91 Å².